The van der Waals surface area contributed by atoms with Crippen molar-refractivity contribution in [3.05, 3.63) is 57.8 Å². The second-order valence-corrected chi connectivity index (χ2v) is 6.31. The van der Waals surface area contributed by atoms with Gasteiger partial charge in [-0.15, -0.1) is 11.3 Å². The Bertz CT molecular complexity index is 660. The first-order valence-electron chi connectivity index (χ1n) is 6.13. The average Bonchev–Trinajstić information content (AvgIpc) is 2.96. The van der Waals surface area contributed by atoms with Crippen molar-refractivity contribution in [3.63, 3.8) is 0 Å². The molecule has 1 aromatic carbocycles. The van der Waals surface area contributed by atoms with Gasteiger partial charge >= 0.3 is 0 Å². The fraction of sp³-hybridized carbons (Fsp3) is 0.214. The minimum Gasteiger partial charge on any atom is -0.330 e. The molecule has 2 N–H and O–H groups in total. The first kappa shape index (κ1) is 12.8. The minimum absolute atomic E-state index is 0.308. The molecule has 2 aromatic heterocycles. The lowest BCUT2D eigenvalue weighted by atomic mass is 9.95. The number of halogens is 1. The zero-order chi connectivity index (χ0) is 13.2. The van der Waals surface area contributed by atoms with Crippen molar-refractivity contribution in [1.82, 2.24) is 9.38 Å². The summed E-state index contributed by atoms with van der Waals surface area (Å²) in [6, 6.07) is 8.34. The van der Waals surface area contributed by atoms with Gasteiger partial charge in [0.05, 0.1) is 5.69 Å². The van der Waals surface area contributed by atoms with E-state index >= 15 is 0 Å². The average molecular weight is 336 g/mol. The van der Waals surface area contributed by atoms with Crippen LogP contribution in [-0.2, 0) is 6.42 Å². The zero-order valence-corrected chi connectivity index (χ0v) is 12.7. The largest absolute Gasteiger partial charge is 0.330 e. The molecule has 3 aromatic rings. The van der Waals surface area contributed by atoms with Crippen LogP contribution in [0.25, 0.3) is 4.96 Å². The summed E-state index contributed by atoms with van der Waals surface area (Å²) in [6.45, 7) is 0.627. The lowest BCUT2D eigenvalue weighted by Gasteiger charge is -2.14. The third-order valence-corrected chi connectivity index (χ3v) is 4.47. The molecule has 0 spiro atoms. The zero-order valence-electron chi connectivity index (χ0n) is 10.3. The second-order valence-electron chi connectivity index (χ2n) is 4.52. The van der Waals surface area contributed by atoms with Gasteiger partial charge in [0, 0.05) is 28.2 Å². The molecule has 0 fully saturated rings. The molecule has 98 valence electrons. The van der Waals surface area contributed by atoms with Crippen molar-refractivity contribution >= 4 is 32.2 Å². The summed E-state index contributed by atoms with van der Waals surface area (Å²) in [4.78, 5) is 5.66. The number of thiazole rings is 1. The number of nitrogens with zero attached hydrogens (tertiary/aromatic N) is 2. The van der Waals surface area contributed by atoms with E-state index in [2.05, 4.69) is 43.6 Å². The molecule has 0 aliphatic heterocycles. The summed E-state index contributed by atoms with van der Waals surface area (Å²) < 4.78 is 3.16. The van der Waals surface area contributed by atoms with Crippen LogP contribution in [0.3, 0.4) is 0 Å². The van der Waals surface area contributed by atoms with Gasteiger partial charge in [-0.25, -0.2) is 4.98 Å². The van der Waals surface area contributed by atoms with E-state index in [1.54, 1.807) is 11.3 Å². The maximum atomic E-state index is 5.92. The number of benzene rings is 1. The van der Waals surface area contributed by atoms with Crippen LogP contribution in [0.5, 0.6) is 0 Å². The highest BCUT2D eigenvalue weighted by atomic mass is 79.9. The number of hydrogen-bond donors (Lipinski definition) is 1. The van der Waals surface area contributed by atoms with Crippen molar-refractivity contribution in [3.8, 4) is 0 Å². The number of aromatic nitrogens is 2. The molecule has 0 aliphatic carbocycles. The van der Waals surface area contributed by atoms with Crippen molar-refractivity contribution < 1.29 is 0 Å². The molecule has 0 amide bonds. The summed E-state index contributed by atoms with van der Waals surface area (Å²) in [7, 11) is 0. The fourth-order valence-corrected chi connectivity index (χ4v) is 3.36. The summed E-state index contributed by atoms with van der Waals surface area (Å²) >= 11 is 5.16. The Morgan fingerprint density at radius 2 is 2.32 bits per heavy atom. The molecule has 0 saturated carbocycles. The highest BCUT2D eigenvalue weighted by Crippen LogP contribution is 2.23. The predicted octanol–water partition coefficient (Wildman–Crippen LogP) is 3.44. The Kier molecular flexibility index (Phi) is 3.68. The van der Waals surface area contributed by atoms with Gasteiger partial charge in [0.25, 0.3) is 0 Å². The molecule has 1 atom stereocenters. The number of rotatable bonds is 4. The highest BCUT2D eigenvalue weighted by Gasteiger charge is 2.13. The van der Waals surface area contributed by atoms with Crippen molar-refractivity contribution in [2.45, 2.75) is 12.3 Å². The van der Waals surface area contributed by atoms with Crippen LogP contribution >= 0.6 is 27.3 Å². The smallest absolute Gasteiger partial charge is 0.193 e. The Balaban J connectivity index is 1.85. The van der Waals surface area contributed by atoms with Gasteiger partial charge in [-0.2, -0.15) is 0 Å². The van der Waals surface area contributed by atoms with Gasteiger partial charge in [-0.05, 0) is 30.7 Å². The van der Waals surface area contributed by atoms with Crippen LogP contribution in [-0.4, -0.2) is 15.9 Å². The summed E-state index contributed by atoms with van der Waals surface area (Å²) in [5.74, 6) is 0.308. The van der Waals surface area contributed by atoms with Gasteiger partial charge in [0.1, 0.15) is 0 Å². The number of nitrogens with two attached hydrogens (primary N) is 1. The third kappa shape index (κ3) is 2.73. The van der Waals surface area contributed by atoms with Crippen LogP contribution in [0.4, 0.5) is 0 Å². The highest BCUT2D eigenvalue weighted by molar-refractivity contribution is 9.10. The Morgan fingerprint density at radius 1 is 1.42 bits per heavy atom. The van der Waals surface area contributed by atoms with Crippen molar-refractivity contribution in [1.29, 1.82) is 0 Å². The first-order valence-corrected chi connectivity index (χ1v) is 7.80. The van der Waals surface area contributed by atoms with E-state index in [0.29, 0.717) is 12.5 Å². The van der Waals surface area contributed by atoms with E-state index in [4.69, 9.17) is 5.73 Å². The molecule has 1 unspecified atom stereocenters. The van der Waals surface area contributed by atoms with Crippen molar-refractivity contribution in [2.75, 3.05) is 6.54 Å². The van der Waals surface area contributed by atoms with Crippen molar-refractivity contribution in [2.24, 2.45) is 5.73 Å². The third-order valence-electron chi connectivity index (χ3n) is 3.20. The summed E-state index contributed by atoms with van der Waals surface area (Å²) in [5.41, 5.74) is 8.28. The molecule has 5 heteroatoms. The topological polar surface area (TPSA) is 43.3 Å². The van der Waals surface area contributed by atoms with E-state index in [9.17, 15) is 0 Å². The van der Waals surface area contributed by atoms with E-state index in [0.717, 1.165) is 21.5 Å². The normalized spacial score (nSPS) is 12.9. The molecular formula is C14H14BrN3S. The molecule has 0 saturated heterocycles. The first-order chi connectivity index (χ1) is 9.26. The minimum atomic E-state index is 0.308. The Labute approximate surface area is 124 Å². The monoisotopic (exact) mass is 335 g/mol. The molecule has 2 heterocycles. The lowest BCUT2D eigenvalue weighted by Crippen LogP contribution is -2.15. The van der Waals surface area contributed by atoms with Gasteiger partial charge in [-0.3, -0.25) is 4.40 Å². The predicted molar refractivity (Wildman–Crippen MR) is 82.7 cm³/mol. The van der Waals surface area contributed by atoms with Crippen LogP contribution < -0.4 is 5.73 Å². The van der Waals surface area contributed by atoms with Gasteiger partial charge in [0.2, 0.25) is 0 Å². The maximum absolute atomic E-state index is 5.92. The van der Waals surface area contributed by atoms with Gasteiger partial charge in [-0.1, -0.05) is 28.1 Å². The van der Waals surface area contributed by atoms with Crippen LogP contribution in [0, 0.1) is 0 Å². The summed E-state index contributed by atoms with van der Waals surface area (Å²) in [5, 5.41) is 2.04. The Morgan fingerprint density at radius 3 is 3.05 bits per heavy atom. The fourth-order valence-electron chi connectivity index (χ4n) is 2.22. The van der Waals surface area contributed by atoms with E-state index in [1.165, 1.54) is 5.56 Å². The van der Waals surface area contributed by atoms with Crippen LogP contribution in [0.1, 0.15) is 17.2 Å². The molecular weight excluding hydrogens is 322 g/mol. The maximum Gasteiger partial charge on any atom is 0.193 e. The lowest BCUT2D eigenvalue weighted by molar-refractivity contribution is 0.684. The van der Waals surface area contributed by atoms with E-state index in [-0.39, 0.29) is 0 Å². The molecule has 3 nitrogen and oxygen atoms in total. The standard InChI is InChI=1S/C14H14BrN3S/c15-12-3-1-2-10(6-12)11(8-16)7-13-9-18-4-5-19-14(18)17-13/h1-6,9,11H,7-8,16H2. The molecule has 0 bridgehead atoms. The number of imidazole rings is 1. The SMILES string of the molecule is NCC(Cc1cn2ccsc2n1)c1cccc(Br)c1. The Hall–Kier alpha value is -1.17. The summed E-state index contributed by atoms with van der Waals surface area (Å²) in [6.07, 6.45) is 5.00. The van der Waals surface area contributed by atoms with E-state index in [1.807, 2.05) is 23.7 Å². The van der Waals surface area contributed by atoms with Crippen LogP contribution in [0.2, 0.25) is 0 Å². The van der Waals surface area contributed by atoms with Gasteiger partial charge in [0.15, 0.2) is 4.96 Å². The second kappa shape index (κ2) is 5.45. The van der Waals surface area contributed by atoms with E-state index < -0.39 is 0 Å². The number of fused-ring (bicyclic) bond motifs is 1. The number of hydrogen-bond acceptors (Lipinski definition) is 3. The van der Waals surface area contributed by atoms with Crippen LogP contribution in [0.15, 0.2) is 46.5 Å². The molecule has 3 rings (SSSR count). The molecule has 0 aliphatic rings. The molecule has 0 radical (unpaired) electrons. The molecule has 19 heavy (non-hydrogen) atoms. The quantitative estimate of drug-likeness (QED) is 0.793. The van der Waals surface area contributed by atoms with Gasteiger partial charge < -0.3 is 5.73 Å².